The van der Waals surface area contributed by atoms with E-state index in [1.165, 1.54) is 18.2 Å². The lowest BCUT2D eigenvalue weighted by Crippen LogP contribution is -2.23. The predicted molar refractivity (Wildman–Crippen MR) is 79.2 cm³/mol. The number of carbonyl (C=O) groups is 1. The molecule has 1 rings (SSSR count). The van der Waals surface area contributed by atoms with E-state index in [-0.39, 0.29) is 15.6 Å². The topological polar surface area (TPSA) is 85.3 Å². The molecule has 0 radical (unpaired) electrons. The van der Waals surface area contributed by atoms with Gasteiger partial charge in [-0.3, -0.25) is 4.79 Å². The van der Waals surface area contributed by atoms with Crippen molar-refractivity contribution >= 4 is 48.7 Å². The first-order valence-electron chi connectivity index (χ1n) is 5.36. The Bertz CT molecular complexity index is 723. The van der Waals surface area contributed by atoms with Crippen LogP contribution in [0.3, 0.4) is 0 Å². The van der Waals surface area contributed by atoms with E-state index in [0.29, 0.717) is 0 Å². The minimum absolute atomic E-state index is 0.113. The molecule has 5 nitrogen and oxygen atoms in total. The van der Waals surface area contributed by atoms with E-state index in [1.54, 1.807) is 0 Å². The molecule has 1 aromatic rings. The van der Waals surface area contributed by atoms with Crippen molar-refractivity contribution in [2.75, 3.05) is 23.5 Å². The lowest BCUT2D eigenvalue weighted by Gasteiger charge is -2.04. The quantitative estimate of drug-likeness (QED) is 0.721. The average Bonchev–Trinajstić information content (AvgIpc) is 2.29. The summed E-state index contributed by atoms with van der Waals surface area (Å²) in [7, 11) is -7.19. The third-order valence-corrected chi connectivity index (χ3v) is 5.83. The minimum Gasteiger partial charge on any atom is -0.293 e. The van der Waals surface area contributed by atoms with Gasteiger partial charge >= 0.3 is 0 Å². The zero-order valence-corrected chi connectivity index (χ0v) is 13.6. The molecular weight excluding hydrogens is 347 g/mol. The average molecular weight is 359 g/mol. The van der Waals surface area contributed by atoms with E-state index in [0.717, 1.165) is 6.26 Å². The monoisotopic (exact) mass is 358 g/mol. The van der Waals surface area contributed by atoms with Gasteiger partial charge in [0.05, 0.1) is 21.6 Å². The van der Waals surface area contributed by atoms with Crippen LogP contribution in [0.25, 0.3) is 0 Å². The summed E-state index contributed by atoms with van der Waals surface area (Å²) in [6.07, 6.45) is 0.934. The van der Waals surface area contributed by atoms with Gasteiger partial charge in [0, 0.05) is 11.8 Å². The lowest BCUT2D eigenvalue weighted by molar-refractivity contribution is 0.102. The van der Waals surface area contributed by atoms with Crippen molar-refractivity contribution in [2.45, 2.75) is 0 Å². The Morgan fingerprint density at radius 3 is 2.15 bits per heavy atom. The Hall–Kier alpha value is -0.630. The number of carbonyl (C=O) groups excluding carboxylic acids is 1. The molecule has 0 amide bonds. The molecule has 0 saturated carbocycles. The first-order valence-corrected chi connectivity index (χ1v) is 10.0. The molecule has 0 N–H and O–H groups in total. The Balaban J connectivity index is 2.81. The Morgan fingerprint density at radius 1 is 1.05 bits per heavy atom. The second kappa shape index (κ2) is 6.43. The van der Waals surface area contributed by atoms with E-state index in [9.17, 15) is 21.6 Å². The molecule has 0 aliphatic rings. The number of rotatable bonds is 6. The van der Waals surface area contributed by atoms with Crippen LogP contribution in [-0.4, -0.2) is 46.1 Å². The van der Waals surface area contributed by atoms with Crippen molar-refractivity contribution in [3.05, 3.63) is 33.8 Å². The highest BCUT2D eigenvalue weighted by Crippen LogP contribution is 2.23. The van der Waals surface area contributed by atoms with Crippen molar-refractivity contribution in [1.29, 1.82) is 0 Å². The fourth-order valence-electron chi connectivity index (χ4n) is 1.30. The number of ketones is 1. The molecule has 0 saturated heterocycles. The zero-order valence-electron chi connectivity index (χ0n) is 10.5. The second-order valence-corrected chi connectivity index (χ2v) is 9.53. The highest BCUT2D eigenvalue weighted by Gasteiger charge is 2.20. The zero-order chi connectivity index (χ0) is 15.6. The van der Waals surface area contributed by atoms with Gasteiger partial charge in [-0.2, -0.15) is 0 Å². The maximum absolute atomic E-state index is 11.8. The molecule has 112 valence electrons. The fraction of sp³-hybridized carbons (Fsp3) is 0.364. The van der Waals surface area contributed by atoms with Gasteiger partial charge < -0.3 is 0 Å². The largest absolute Gasteiger partial charge is 0.293 e. The van der Waals surface area contributed by atoms with Crippen molar-refractivity contribution in [1.82, 2.24) is 0 Å². The standard InChI is InChI=1S/C11H12Cl2O5S2/c1-19(15,16)4-5-20(17,18)7-11(14)8-2-3-9(12)10(13)6-8/h2-3,6H,4-5,7H2,1H3. The smallest absolute Gasteiger partial charge is 0.177 e. The van der Waals surface area contributed by atoms with Crippen LogP contribution >= 0.6 is 23.2 Å². The summed E-state index contributed by atoms with van der Waals surface area (Å²) in [5.74, 6) is -2.51. The fourth-order valence-corrected chi connectivity index (χ4v) is 4.54. The summed E-state index contributed by atoms with van der Waals surface area (Å²) in [6, 6.07) is 4.03. The molecule has 0 fully saturated rings. The number of hydrogen-bond acceptors (Lipinski definition) is 5. The lowest BCUT2D eigenvalue weighted by atomic mass is 10.1. The summed E-state index contributed by atoms with van der Waals surface area (Å²) in [4.78, 5) is 11.8. The molecule has 9 heteroatoms. The summed E-state index contributed by atoms with van der Waals surface area (Å²) < 4.78 is 45.2. The minimum atomic E-state index is -3.79. The van der Waals surface area contributed by atoms with Crippen LogP contribution in [0.1, 0.15) is 10.4 Å². The molecule has 0 bridgehead atoms. The Kier molecular flexibility index (Phi) is 5.60. The number of benzene rings is 1. The van der Waals surface area contributed by atoms with Gasteiger partial charge in [0.15, 0.2) is 15.6 Å². The van der Waals surface area contributed by atoms with Crippen molar-refractivity contribution in [3.8, 4) is 0 Å². The first-order chi connectivity index (χ1) is 9.00. The maximum Gasteiger partial charge on any atom is 0.177 e. The van der Waals surface area contributed by atoms with E-state index in [2.05, 4.69) is 0 Å². The van der Waals surface area contributed by atoms with Gasteiger partial charge in [-0.05, 0) is 18.2 Å². The van der Waals surface area contributed by atoms with Gasteiger partial charge in [-0.15, -0.1) is 0 Å². The van der Waals surface area contributed by atoms with Crippen LogP contribution < -0.4 is 0 Å². The number of Topliss-reactive ketones (excluding diaryl/α,β-unsaturated/α-hetero) is 1. The van der Waals surface area contributed by atoms with E-state index in [4.69, 9.17) is 23.2 Å². The van der Waals surface area contributed by atoms with E-state index in [1.807, 2.05) is 0 Å². The molecule has 1 aromatic carbocycles. The number of sulfone groups is 2. The van der Waals surface area contributed by atoms with Crippen LogP contribution in [0.4, 0.5) is 0 Å². The van der Waals surface area contributed by atoms with Crippen LogP contribution in [0.15, 0.2) is 18.2 Å². The highest BCUT2D eigenvalue weighted by atomic mass is 35.5. The van der Waals surface area contributed by atoms with E-state index >= 15 is 0 Å². The molecule has 0 unspecified atom stereocenters. The number of halogens is 2. The maximum atomic E-state index is 11.8. The molecule has 0 aromatic heterocycles. The third-order valence-electron chi connectivity index (χ3n) is 2.36. The van der Waals surface area contributed by atoms with E-state index < -0.39 is 42.7 Å². The first kappa shape index (κ1) is 17.4. The molecular formula is C11H12Cl2O5S2. The normalized spacial score (nSPS) is 12.3. The van der Waals surface area contributed by atoms with Crippen molar-refractivity contribution < 1.29 is 21.6 Å². The van der Waals surface area contributed by atoms with Crippen LogP contribution in [0, 0.1) is 0 Å². The summed E-state index contributed by atoms with van der Waals surface area (Å²) >= 11 is 11.4. The van der Waals surface area contributed by atoms with Gasteiger partial charge in [0.25, 0.3) is 0 Å². The summed E-state index contributed by atoms with van der Waals surface area (Å²) in [5.41, 5.74) is 0.113. The van der Waals surface area contributed by atoms with Crippen LogP contribution in [0.5, 0.6) is 0 Å². The van der Waals surface area contributed by atoms with Crippen LogP contribution in [-0.2, 0) is 19.7 Å². The molecule has 0 heterocycles. The summed E-state index contributed by atoms with van der Waals surface area (Å²) in [6.45, 7) is 0. The van der Waals surface area contributed by atoms with Gasteiger partial charge in [-0.25, -0.2) is 16.8 Å². The SMILES string of the molecule is CS(=O)(=O)CCS(=O)(=O)CC(=O)c1ccc(Cl)c(Cl)c1. The summed E-state index contributed by atoms with van der Waals surface area (Å²) in [5, 5.41) is 0.397. The van der Waals surface area contributed by atoms with Gasteiger partial charge in [0.2, 0.25) is 0 Å². The molecule has 0 spiro atoms. The Morgan fingerprint density at radius 2 is 1.65 bits per heavy atom. The number of hydrogen-bond donors (Lipinski definition) is 0. The predicted octanol–water partition coefficient (Wildman–Crippen LogP) is 1.64. The Labute approximate surface area is 127 Å². The molecule has 0 aliphatic heterocycles. The molecule has 20 heavy (non-hydrogen) atoms. The molecule has 0 aliphatic carbocycles. The van der Waals surface area contributed by atoms with Crippen molar-refractivity contribution in [2.24, 2.45) is 0 Å². The molecule has 0 atom stereocenters. The highest BCUT2D eigenvalue weighted by molar-refractivity contribution is 7.95. The van der Waals surface area contributed by atoms with Crippen molar-refractivity contribution in [3.63, 3.8) is 0 Å². The van der Waals surface area contributed by atoms with Gasteiger partial charge in [-0.1, -0.05) is 23.2 Å². The second-order valence-electron chi connectivity index (χ2n) is 4.27. The van der Waals surface area contributed by atoms with Crippen LogP contribution in [0.2, 0.25) is 10.0 Å². The van der Waals surface area contributed by atoms with Gasteiger partial charge in [0.1, 0.15) is 15.6 Å². The third kappa shape index (κ3) is 5.78.